The molecule has 0 radical (unpaired) electrons. The number of furan rings is 2. The quantitative estimate of drug-likeness (QED) is 0.169. The SMILES string of the molecule is Fc1nc(N2c3cc4oc5ccccc5c4cc3-n3c4cc5ccccc5cc4c4c5c(cc2c43)oc2ccccc25)c2ccccc2n1. The summed E-state index contributed by atoms with van der Waals surface area (Å²) in [7, 11) is 0. The third kappa shape index (κ3) is 3.19. The maximum Gasteiger partial charge on any atom is 0.311 e. The van der Waals surface area contributed by atoms with E-state index in [0.29, 0.717) is 11.3 Å². The number of rotatable bonds is 1. The van der Waals surface area contributed by atoms with Gasteiger partial charge >= 0.3 is 6.08 Å². The van der Waals surface area contributed by atoms with Gasteiger partial charge in [-0.15, -0.1) is 0 Å². The molecule has 7 heteroatoms. The van der Waals surface area contributed by atoms with Crippen molar-refractivity contribution in [2.75, 3.05) is 4.90 Å². The summed E-state index contributed by atoms with van der Waals surface area (Å²) < 4.78 is 30.9. The molecule has 6 nitrogen and oxygen atoms in total. The minimum absolute atomic E-state index is 0.443. The number of fused-ring (bicyclic) bond motifs is 14. The van der Waals surface area contributed by atoms with E-state index in [1.807, 2.05) is 54.6 Å². The first-order chi connectivity index (χ1) is 24.2. The number of anilines is 3. The van der Waals surface area contributed by atoms with Crippen LogP contribution >= 0.6 is 0 Å². The summed E-state index contributed by atoms with van der Waals surface area (Å²) in [5.74, 6) is 0.443. The molecule has 7 aromatic carbocycles. The molecule has 0 aliphatic carbocycles. The van der Waals surface area contributed by atoms with E-state index in [1.165, 1.54) is 0 Å². The monoisotopic (exact) mass is 632 g/mol. The Bertz CT molecular complexity index is 3260. The zero-order valence-electron chi connectivity index (χ0n) is 25.6. The van der Waals surface area contributed by atoms with Crippen LogP contribution < -0.4 is 4.90 Å². The van der Waals surface area contributed by atoms with Gasteiger partial charge in [0, 0.05) is 49.8 Å². The van der Waals surface area contributed by atoms with Gasteiger partial charge in [-0.05, 0) is 53.2 Å². The molecule has 0 bridgehead atoms. The van der Waals surface area contributed by atoms with Gasteiger partial charge in [0.25, 0.3) is 0 Å². The largest absolute Gasteiger partial charge is 0.456 e. The van der Waals surface area contributed by atoms with Crippen molar-refractivity contribution in [1.82, 2.24) is 14.5 Å². The average molecular weight is 633 g/mol. The predicted molar refractivity (Wildman–Crippen MR) is 194 cm³/mol. The summed E-state index contributed by atoms with van der Waals surface area (Å²) in [5.41, 5.74) is 8.25. The van der Waals surface area contributed by atoms with Gasteiger partial charge in [-0.1, -0.05) is 72.8 Å². The second-order valence-corrected chi connectivity index (χ2v) is 12.7. The third-order valence-corrected chi connectivity index (χ3v) is 10.2. The molecule has 0 spiro atoms. The van der Waals surface area contributed by atoms with Crippen LogP contribution in [0.15, 0.2) is 136 Å². The second-order valence-electron chi connectivity index (χ2n) is 12.7. The summed E-state index contributed by atoms with van der Waals surface area (Å²) in [4.78, 5) is 10.7. The maximum atomic E-state index is 15.4. The maximum absolute atomic E-state index is 15.4. The number of nitrogens with zero attached hydrogens (tertiary/aromatic N) is 4. The van der Waals surface area contributed by atoms with Crippen LogP contribution in [0.1, 0.15) is 0 Å². The van der Waals surface area contributed by atoms with E-state index >= 15 is 4.39 Å². The minimum Gasteiger partial charge on any atom is -0.456 e. The number of aromatic nitrogens is 3. The summed E-state index contributed by atoms with van der Waals surface area (Å²) in [5, 5.41) is 9.33. The number of para-hydroxylation sites is 3. The number of hydrogen-bond donors (Lipinski definition) is 0. The van der Waals surface area contributed by atoms with E-state index in [4.69, 9.17) is 8.83 Å². The van der Waals surface area contributed by atoms with Gasteiger partial charge in [0.15, 0.2) is 5.82 Å². The van der Waals surface area contributed by atoms with Crippen molar-refractivity contribution in [3.63, 3.8) is 0 Å². The lowest BCUT2D eigenvalue weighted by atomic mass is 10.0. The zero-order chi connectivity index (χ0) is 32.0. The highest BCUT2D eigenvalue weighted by molar-refractivity contribution is 6.32. The van der Waals surface area contributed by atoms with Crippen molar-refractivity contribution in [2.24, 2.45) is 0 Å². The van der Waals surface area contributed by atoms with Gasteiger partial charge in [-0.25, -0.2) is 4.98 Å². The lowest BCUT2D eigenvalue weighted by molar-refractivity contribution is 0.545. The molecule has 49 heavy (non-hydrogen) atoms. The molecule has 0 saturated carbocycles. The van der Waals surface area contributed by atoms with Crippen LogP contribution in [0, 0.1) is 6.08 Å². The molecule has 4 aromatic heterocycles. The van der Waals surface area contributed by atoms with Gasteiger partial charge in [-0.3, -0.25) is 4.90 Å². The number of halogens is 1. The molecular weight excluding hydrogens is 611 g/mol. The van der Waals surface area contributed by atoms with Crippen molar-refractivity contribution < 1.29 is 13.2 Å². The van der Waals surface area contributed by atoms with Crippen LogP contribution in [-0.4, -0.2) is 14.5 Å². The van der Waals surface area contributed by atoms with Crippen molar-refractivity contribution in [2.45, 2.75) is 0 Å². The highest BCUT2D eigenvalue weighted by Crippen LogP contribution is 2.55. The fourth-order valence-corrected chi connectivity index (χ4v) is 8.17. The standard InChI is InChI=1S/C42H21FN4O2/c43-42-44-29-14-6-3-12-25(29)41(45-42)47-32-20-36-27(24-11-4-7-15-34(24)48-36)19-31(32)46-30-18-23-10-2-1-9-22(23)17-28(30)39-38-26-13-5-8-16-35(26)49-37(38)21-33(47)40(39)46/h1-21H. The fraction of sp³-hybridized carbons (Fsp3) is 0. The Morgan fingerprint density at radius 3 is 2.02 bits per heavy atom. The first kappa shape index (κ1) is 25.4. The highest BCUT2D eigenvalue weighted by Gasteiger charge is 2.34. The van der Waals surface area contributed by atoms with Gasteiger partial charge in [0.2, 0.25) is 0 Å². The molecule has 5 heterocycles. The molecule has 0 saturated heterocycles. The Labute approximate surface area is 275 Å². The summed E-state index contributed by atoms with van der Waals surface area (Å²) in [6, 6.07) is 43.2. The minimum atomic E-state index is -0.793. The highest BCUT2D eigenvalue weighted by atomic mass is 19.1. The van der Waals surface area contributed by atoms with Crippen molar-refractivity contribution in [1.29, 1.82) is 0 Å². The second kappa shape index (κ2) is 8.79. The Morgan fingerprint density at radius 1 is 0.490 bits per heavy atom. The molecule has 228 valence electrons. The van der Waals surface area contributed by atoms with Gasteiger partial charge in [-0.2, -0.15) is 9.37 Å². The molecule has 0 N–H and O–H groups in total. The van der Waals surface area contributed by atoms with Gasteiger partial charge in [0.1, 0.15) is 22.3 Å². The molecular formula is C42H21FN4O2. The first-order valence-electron chi connectivity index (χ1n) is 16.2. The smallest absolute Gasteiger partial charge is 0.311 e. The molecule has 1 aliphatic heterocycles. The van der Waals surface area contributed by atoms with E-state index in [-0.39, 0.29) is 0 Å². The molecule has 1 aliphatic rings. The fourth-order valence-electron chi connectivity index (χ4n) is 8.17. The first-order valence-corrected chi connectivity index (χ1v) is 16.2. The Kier molecular flexibility index (Phi) is 4.55. The normalized spacial score (nSPS) is 13.0. The summed E-state index contributed by atoms with van der Waals surface area (Å²) in [6.07, 6.45) is -0.793. The molecule has 11 aromatic rings. The third-order valence-electron chi connectivity index (χ3n) is 10.2. The van der Waals surface area contributed by atoms with Crippen molar-refractivity contribution in [3.05, 3.63) is 133 Å². The number of hydrogen-bond acceptors (Lipinski definition) is 5. The zero-order valence-corrected chi connectivity index (χ0v) is 25.6. The van der Waals surface area contributed by atoms with E-state index in [9.17, 15) is 0 Å². The van der Waals surface area contributed by atoms with Crippen LogP contribution in [0.3, 0.4) is 0 Å². The summed E-state index contributed by atoms with van der Waals surface area (Å²) >= 11 is 0. The topological polar surface area (TPSA) is 60.2 Å². The van der Waals surface area contributed by atoms with Crippen LogP contribution in [0.4, 0.5) is 21.6 Å². The van der Waals surface area contributed by atoms with Crippen LogP contribution in [0.2, 0.25) is 0 Å². The summed E-state index contributed by atoms with van der Waals surface area (Å²) in [6.45, 7) is 0. The van der Waals surface area contributed by atoms with E-state index in [2.05, 4.69) is 92.2 Å². The molecule has 0 unspecified atom stereocenters. The lowest BCUT2D eigenvalue weighted by Gasteiger charge is -2.32. The van der Waals surface area contributed by atoms with Gasteiger partial charge < -0.3 is 13.4 Å². The lowest BCUT2D eigenvalue weighted by Crippen LogP contribution is -2.20. The molecule has 0 fully saturated rings. The molecule has 12 rings (SSSR count). The van der Waals surface area contributed by atoms with Crippen LogP contribution in [0.5, 0.6) is 0 Å². The van der Waals surface area contributed by atoms with Gasteiger partial charge in [0.05, 0.1) is 33.6 Å². The van der Waals surface area contributed by atoms with E-state index in [1.54, 1.807) is 0 Å². The van der Waals surface area contributed by atoms with Crippen LogP contribution in [-0.2, 0) is 0 Å². The Morgan fingerprint density at radius 2 is 1.16 bits per heavy atom. The molecule has 0 atom stereocenters. The average Bonchev–Trinajstić information content (AvgIpc) is 3.79. The predicted octanol–water partition coefficient (Wildman–Crippen LogP) is 11.6. The molecule has 0 amide bonds. The van der Waals surface area contributed by atoms with E-state index < -0.39 is 6.08 Å². The van der Waals surface area contributed by atoms with Crippen LogP contribution in [0.25, 0.3) is 93.0 Å². The Balaban J connectivity index is 1.36. The Hall–Kier alpha value is -6.73. The van der Waals surface area contributed by atoms with Crippen molar-refractivity contribution in [3.8, 4) is 5.69 Å². The number of benzene rings is 7. The van der Waals surface area contributed by atoms with Crippen molar-refractivity contribution >= 4 is 105 Å². The van der Waals surface area contributed by atoms with E-state index in [0.717, 1.165) is 98.9 Å².